The molecular formula is C24H21BrN6OS. The molecule has 0 radical (unpaired) electrons. The molecule has 0 saturated heterocycles. The number of rotatable bonds is 6. The second kappa shape index (κ2) is 8.92. The molecule has 33 heavy (non-hydrogen) atoms. The molecule has 5 aromatic rings. The second-order valence-corrected chi connectivity index (χ2v) is 9.95. The highest BCUT2D eigenvalue weighted by Crippen LogP contribution is 2.39. The van der Waals surface area contributed by atoms with Crippen LogP contribution in [0.1, 0.15) is 13.8 Å². The first-order valence-electron chi connectivity index (χ1n) is 10.4. The number of nitrogens with two attached hydrogens (primary N) is 1. The maximum absolute atomic E-state index is 6.07. The zero-order valence-electron chi connectivity index (χ0n) is 18.1. The summed E-state index contributed by atoms with van der Waals surface area (Å²) >= 11 is 4.94. The molecule has 0 amide bonds. The van der Waals surface area contributed by atoms with Gasteiger partial charge >= 0.3 is 0 Å². The molecule has 166 valence electrons. The van der Waals surface area contributed by atoms with Crippen LogP contribution in [0.15, 0.2) is 65.7 Å². The third kappa shape index (κ3) is 4.46. The van der Waals surface area contributed by atoms with Crippen LogP contribution >= 0.6 is 27.3 Å². The van der Waals surface area contributed by atoms with Crippen molar-refractivity contribution in [2.75, 3.05) is 5.73 Å². The Morgan fingerprint density at radius 2 is 1.73 bits per heavy atom. The summed E-state index contributed by atoms with van der Waals surface area (Å²) in [5, 5.41) is 0.531. The summed E-state index contributed by atoms with van der Waals surface area (Å²) in [4.78, 5) is 18.7. The van der Waals surface area contributed by atoms with Gasteiger partial charge in [-0.25, -0.2) is 15.0 Å². The Morgan fingerprint density at radius 3 is 2.45 bits per heavy atom. The molecule has 3 heterocycles. The zero-order chi connectivity index (χ0) is 22.9. The Labute approximate surface area is 203 Å². The zero-order valence-corrected chi connectivity index (χ0v) is 20.5. The SMILES string of the molecule is CC(C)Cn1cnc2c(Oc3ccc(-c4sc(N)nc4-c4ccc(Br)cc4)cc3)ncnc21. The molecule has 0 aliphatic heterocycles. The third-order valence-electron chi connectivity index (χ3n) is 5.02. The van der Waals surface area contributed by atoms with Gasteiger partial charge in [0, 0.05) is 16.6 Å². The fourth-order valence-electron chi connectivity index (χ4n) is 3.58. The van der Waals surface area contributed by atoms with Gasteiger partial charge in [-0.3, -0.25) is 0 Å². The summed E-state index contributed by atoms with van der Waals surface area (Å²) in [5.74, 6) is 1.59. The topological polar surface area (TPSA) is 91.7 Å². The lowest BCUT2D eigenvalue weighted by Crippen LogP contribution is -2.03. The number of benzene rings is 2. The average Bonchev–Trinajstić information content (AvgIpc) is 3.39. The Bertz CT molecular complexity index is 1410. The van der Waals surface area contributed by atoms with E-state index in [0.717, 1.165) is 38.4 Å². The van der Waals surface area contributed by atoms with Crippen molar-refractivity contribution in [1.82, 2.24) is 24.5 Å². The van der Waals surface area contributed by atoms with Crippen molar-refractivity contribution in [3.63, 3.8) is 0 Å². The number of halogens is 1. The Kier molecular flexibility index (Phi) is 5.82. The number of nitrogen functional groups attached to an aromatic ring is 1. The minimum atomic E-state index is 0.438. The summed E-state index contributed by atoms with van der Waals surface area (Å²) in [5.41, 5.74) is 10.4. The van der Waals surface area contributed by atoms with Crippen LogP contribution in [0.2, 0.25) is 0 Å². The molecule has 3 aromatic heterocycles. The minimum absolute atomic E-state index is 0.438. The summed E-state index contributed by atoms with van der Waals surface area (Å²) in [6, 6.07) is 15.9. The number of hydrogen-bond acceptors (Lipinski definition) is 7. The molecule has 0 bridgehead atoms. The highest BCUT2D eigenvalue weighted by molar-refractivity contribution is 9.10. The van der Waals surface area contributed by atoms with Crippen LogP contribution in [0.4, 0.5) is 5.13 Å². The lowest BCUT2D eigenvalue weighted by molar-refractivity contribution is 0.467. The van der Waals surface area contributed by atoms with Gasteiger partial charge in [0.15, 0.2) is 16.3 Å². The summed E-state index contributed by atoms with van der Waals surface area (Å²) < 4.78 is 9.11. The third-order valence-corrected chi connectivity index (χ3v) is 6.48. The van der Waals surface area contributed by atoms with E-state index in [2.05, 4.69) is 49.7 Å². The molecule has 0 spiro atoms. The van der Waals surface area contributed by atoms with E-state index in [9.17, 15) is 0 Å². The van der Waals surface area contributed by atoms with E-state index in [4.69, 9.17) is 10.5 Å². The first-order valence-corrected chi connectivity index (χ1v) is 12.0. The van der Waals surface area contributed by atoms with Crippen molar-refractivity contribution in [3.05, 3.63) is 65.7 Å². The maximum atomic E-state index is 6.07. The predicted molar refractivity (Wildman–Crippen MR) is 135 cm³/mol. The Balaban J connectivity index is 1.43. The second-order valence-electron chi connectivity index (χ2n) is 8.00. The molecule has 5 rings (SSSR count). The maximum Gasteiger partial charge on any atom is 0.250 e. The summed E-state index contributed by atoms with van der Waals surface area (Å²) in [6.45, 7) is 5.15. The summed E-state index contributed by atoms with van der Waals surface area (Å²) in [6.07, 6.45) is 3.29. The molecule has 0 aliphatic rings. The number of ether oxygens (including phenoxy) is 1. The lowest BCUT2D eigenvalue weighted by atomic mass is 10.1. The molecule has 2 aromatic carbocycles. The van der Waals surface area contributed by atoms with Crippen molar-refractivity contribution < 1.29 is 4.74 Å². The first kappa shape index (κ1) is 21.5. The number of hydrogen-bond donors (Lipinski definition) is 1. The van der Waals surface area contributed by atoms with Gasteiger partial charge in [0.25, 0.3) is 5.88 Å². The van der Waals surface area contributed by atoms with Gasteiger partial charge in [0.2, 0.25) is 0 Å². The van der Waals surface area contributed by atoms with E-state index in [1.807, 2.05) is 53.1 Å². The van der Waals surface area contributed by atoms with Crippen LogP contribution in [-0.2, 0) is 6.54 Å². The van der Waals surface area contributed by atoms with Crippen molar-refractivity contribution in [2.24, 2.45) is 5.92 Å². The van der Waals surface area contributed by atoms with E-state index in [-0.39, 0.29) is 0 Å². The van der Waals surface area contributed by atoms with Crippen LogP contribution in [0.5, 0.6) is 11.6 Å². The molecular weight excluding hydrogens is 500 g/mol. The van der Waals surface area contributed by atoms with E-state index < -0.39 is 0 Å². The molecule has 0 atom stereocenters. The predicted octanol–water partition coefficient (Wildman–Crippen LogP) is 6.41. The van der Waals surface area contributed by atoms with Crippen LogP contribution in [0, 0.1) is 5.92 Å². The van der Waals surface area contributed by atoms with Gasteiger partial charge < -0.3 is 15.0 Å². The number of fused-ring (bicyclic) bond motifs is 1. The van der Waals surface area contributed by atoms with E-state index in [1.165, 1.54) is 17.7 Å². The van der Waals surface area contributed by atoms with Gasteiger partial charge in [-0.2, -0.15) is 4.98 Å². The van der Waals surface area contributed by atoms with Crippen LogP contribution in [-0.4, -0.2) is 24.5 Å². The van der Waals surface area contributed by atoms with E-state index in [0.29, 0.717) is 28.2 Å². The summed E-state index contributed by atoms with van der Waals surface area (Å²) in [7, 11) is 0. The highest BCUT2D eigenvalue weighted by atomic mass is 79.9. The van der Waals surface area contributed by atoms with Gasteiger partial charge in [0.1, 0.15) is 12.1 Å². The largest absolute Gasteiger partial charge is 0.437 e. The number of imidazole rings is 1. The smallest absolute Gasteiger partial charge is 0.250 e. The number of aromatic nitrogens is 5. The standard InChI is InChI=1S/C24H21BrN6OS/c1-14(2)11-31-13-29-20-22(31)27-12-28-23(20)32-18-9-5-16(6-10-18)21-19(30-24(26)33-21)15-3-7-17(25)8-4-15/h3-10,12-14H,11H2,1-2H3,(H2,26,30). The number of thiazole rings is 1. The molecule has 0 unspecified atom stereocenters. The number of nitrogens with zero attached hydrogens (tertiary/aromatic N) is 5. The fourth-order valence-corrected chi connectivity index (χ4v) is 4.71. The van der Waals surface area contributed by atoms with Crippen LogP contribution in [0.25, 0.3) is 32.9 Å². The molecule has 9 heteroatoms. The first-order chi connectivity index (χ1) is 16.0. The molecule has 2 N–H and O–H groups in total. The number of anilines is 1. The van der Waals surface area contributed by atoms with Crippen molar-refractivity contribution in [2.45, 2.75) is 20.4 Å². The average molecular weight is 521 g/mol. The van der Waals surface area contributed by atoms with Gasteiger partial charge in [-0.1, -0.05) is 53.2 Å². The Morgan fingerprint density at radius 1 is 1.00 bits per heavy atom. The minimum Gasteiger partial charge on any atom is -0.437 e. The van der Waals surface area contributed by atoms with Crippen LogP contribution in [0.3, 0.4) is 0 Å². The normalized spacial score (nSPS) is 11.4. The van der Waals surface area contributed by atoms with Gasteiger partial charge in [0.05, 0.1) is 16.9 Å². The van der Waals surface area contributed by atoms with Crippen molar-refractivity contribution in [3.8, 4) is 33.3 Å². The van der Waals surface area contributed by atoms with E-state index >= 15 is 0 Å². The van der Waals surface area contributed by atoms with E-state index in [1.54, 1.807) is 6.33 Å². The molecule has 0 aliphatic carbocycles. The quantitative estimate of drug-likeness (QED) is 0.278. The monoisotopic (exact) mass is 520 g/mol. The molecule has 7 nitrogen and oxygen atoms in total. The van der Waals surface area contributed by atoms with Gasteiger partial charge in [-0.05, 0) is 47.9 Å². The lowest BCUT2D eigenvalue weighted by Gasteiger charge is -2.08. The highest BCUT2D eigenvalue weighted by Gasteiger charge is 2.16. The molecule has 0 fully saturated rings. The van der Waals surface area contributed by atoms with Crippen molar-refractivity contribution >= 4 is 43.6 Å². The van der Waals surface area contributed by atoms with Crippen molar-refractivity contribution in [1.29, 1.82) is 0 Å². The Hall–Kier alpha value is -3.30. The van der Waals surface area contributed by atoms with Crippen LogP contribution < -0.4 is 10.5 Å². The molecule has 0 saturated carbocycles. The fraction of sp³-hybridized carbons (Fsp3) is 0.167. The van der Waals surface area contributed by atoms with Gasteiger partial charge in [-0.15, -0.1) is 0 Å².